The van der Waals surface area contributed by atoms with E-state index < -0.39 is 17.5 Å². The van der Waals surface area contributed by atoms with E-state index in [1.165, 1.54) is 42.5 Å². The summed E-state index contributed by atoms with van der Waals surface area (Å²) >= 11 is 2.88. The van der Waals surface area contributed by atoms with E-state index in [0.29, 0.717) is 39.7 Å². The van der Waals surface area contributed by atoms with Gasteiger partial charge in [-0.25, -0.2) is 9.97 Å². The number of amides is 2. The van der Waals surface area contributed by atoms with Gasteiger partial charge in [-0.2, -0.15) is 11.8 Å². The minimum absolute atomic E-state index is 0.282. The van der Waals surface area contributed by atoms with Gasteiger partial charge in [-0.15, -0.1) is 11.3 Å². The van der Waals surface area contributed by atoms with E-state index in [1.54, 1.807) is 17.8 Å². The summed E-state index contributed by atoms with van der Waals surface area (Å²) in [5.74, 6) is 0.680. The predicted octanol–water partition coefficient (Wildman–Crippen LogP) is 2.06. The smallest absolute Gasteiger partial charge is 0.261 e. The van der Waals surface area contributed by atoms with E-state index in [-0.39, 0.29) is 12.5 Å². The summed E-state index contributed by atoms with van der Waals surface area (Å²) in [4.78, 5) is 46.8. The second-order valence-electron chi connectivity index (χ2n) is 7.09. The fourth-order valence-electron chi connectivity index (χ4n) is 3.10. The molecule has 2 aromatic heterocycles. The molecule has 0 aliphatic carbocycles. The second kappa shape index (κ2) is 11.1. The Morgan fingerprint density at radius 2 is 1.97 bits per heavy atom. The van der Waals surface area contributed by atoms with Crippen LogP contribution in [-0.4, -0.2) is 58.6 Å². The summed E-state index contributed by atoms with van der Waals surface area (Å²) in [5.41, 5.74) is 0.821. The maximum atomic E-state index is 12.9. The standard InChI is InChI=1S/C21H25N5O5S2/c1-12-10-33-21(23-12)25-19(28)14(5-6-32-4)24-18(27)9-26-11-22-15-8-17(31-3)16(30-2)7-13(15)20(26)29/h7-8,10-11,14H,5-6,9H2,1-4H3,(H,24,27)(H,23,25,28)/t14-/m0/s1. The lowest BCUT2D eigenvalue weighted by molar-refractivity contribution is -0.127. The summed E-state index contributed by atoms with van der Waals surface area (Å²) in [6.07, 6.45) is 3.65. The Hall–Kier alpha value is -3.12. The summed E-state index contributed by atoms with van der Waals surface area (Å²) in [6, 6.07) is 2.37. The lowest BCUT2D eigenvalue weighted by Crippen LogP contribution is -2.46. The Bertz CT molecular complexity index is 1210. The molecule has 2 N–H and O–H groups in total. The van der Waals surface area contributed by atoms with E-state index in [1.807, 2.05) is 18.6 Å². The summed E-state index contributed by atoms with van der Waals surface area (Å²) in [7, 11) is 2.97. The number of hydrogen-bond donors (Lipinski definition) is 2. The molecule has 1 atom stereocenters. The second-order valence-corrected chi connectivity index (χ2v) is 8.93. The van der Waals surface area contributed by atoms with Crippen LogP contribution in [-0.2, 0) is 16.1 Å². The predicted molar refractivity (Wildman–Crippen MR) is 130 cm³/mol. The van der Waals surface area contributed by atoms with Crippen LogP contribution in [0.1, 0.15) is 12.1 Å². The van der Waals surface area contributed by atoms with Gasteiger partial charge >= 0.3 is 0 Å². The Morgan fingerprint density at radius 1 is 1.24 bits per heavy atom. The number of carbonyl (C=O) groups excluding carboxylic acids is 2. The van der Waals surface area contributed by atoms with Gasteiger partial charge < -0.3 is 20.1 Å². The number of fused-ring (bicyclic) bond motifs is 1. The van der Waals surface area contributed by atoms with Crippen molar-refractivity contribution in [2.24, 2.45) is 0 Å². The molecule has 0 unspecified atom stereocenters. The van der Waals surface area contributed by atoms with Crippen molar-refractivity contribution in [1.29, 1.82) is 0 Å². The summed E-state index contributed by atoms with van der Waals surface area (Å²) in [5, 5.41) is 8.05. The third-order valence-electron chi connectivity index (χ3n) is 4.75. The monoisotopic (exact) mass is 491 g/mol. The number of thioether (sulfide) groups is 1. The highest BCUT2D eigenvalue weighted by Crippen LogP contribution is 2.29. The number of rotatable bonds is 10. The van der Waals surface area contributed by atoms with Gasteiger partial charge in [0.15, 0.2) is 16.6 Å². The lowest BCUT2D eigenvalue weighted by Gasteiger charge is -2.18. The molecule has 0 fully saturated rings. The molecule has 12 heteroatoms. The van der Waals surface area contributed by atoms with Crippen molar-refractivity contribution < 1.29 is 19.1 Å². The molecule has 0 spiro atoms. The molecule has 0 saturated carbocycles. The Kier molecular flexibility index (Phi) is 8.28. The van der Waals surface area contributed by atoms with Crippen molar-refractivity contribution in [3.8, 4) is 11.5 Å². The number of aromatic nitrogens is 3. The molecule has 176 valence electrons. The molecule has 0 bridgehead atoms. The number of hydrogen-bond acceptors (Lipinski definition) is 9. The highest BCUT2D eigenvalue weighted by Gasteiger charge is 2.22. The number of aryl methyl sites for hydroxylation is 1. The van der Waals surface area contributed by atoms with Gasteiger partial charge in [-0.3, -0.25) is 19.0 Å². The summed E-state index contributed by atoms with van der Waals surface area (Å²) in [6.45, 7) is 1.55. The maximum absolute atomic E-state index is 12.9. The first-order chi connectivity index (χ1) is 15.9. The van der Waals surface area contributed by atoms with Crippen molar-refractivity contribution in [1.82, 2.24) is 19.9 Å². The Balaban J connectivity index is 1.76. The molecule has 0 radical (unpaired) electrons. The van der Waals surface area contributed by atoms with Crippen LogP contribution in [0.25, 0.3) is 10.9 Å². The maximum Gasteiger partial charge on any atom is 0.261 e. The third kappa shape index (κ3) is 6.02. The van der Waals surface area contributed by atoms with Crippen LogP contribution < -0.4 is 25.7 Å². The molecule has 3 aromatic rings. The van der Waals surface area contributed by atoms with Crippen LogP contribution >= 0.6 is 23.1 Å². The number of anilines is 1. The number of thiazole rings is 1. The zero-order valence-electron chi connectivity index (χ0n) is 18.7. The molecule has 1 aromatic carbocycles. The van der Waals surface area contributed by atoms with Gasteiger partial charge in [0.05, 0.1) is 37.1 Å². The zero-order valence-corrected chi connectivity index (χ0v) is 20.3. The van der Waals surface area contributed by atoms with Crippen LogP contribution in [0, 0.1) is 6.92 Å². The molecule has 33 heavy (non-hydrogen) atoms. The minimum Gasteiger partial charge on any atom is -0.493 e. The third-order valence-corrected chi connectivity index (χ3v) is 6.27. The SMILES string of the molecule is COc1cc2ncn(CC(=O)N[C@@H](CCSC)C(=O)Nc3nc(C)cs3)c(=O)c2cc1OC. The van der Waals surface area contributed by atoms with Gasteiger partial charge in [-0.05, 0) is 31.4 Å². The van der Waals surface area contributed by atoms with Gasteiger partial charge in [-0.1, -0.05) is 0 Å². The highest BCUT2D eigenvalue weighted by atomic mass is 32.2. The topological polar surface area (TPSA) is 124 Å². The quantitative estimate of drug-likeness (QED) is 0.442. The molecule has 0 aliphatic rings. The fourth-order valence-corrected chi connectivity index (χ4v) is 4.26. The van der Waals surface area contributed by atoms with E-state index >= 15 is 0 Å². The van der Waals surface area contributed by atoms with Crippen molar-refractivity contribution in [3.63, 3.8) is 0 Å². The molecular formula is C21H25N5O5S2. The van der Waals surface area contributed by atoms with E-state index in [0.717, 1.165) is 5.69 Å². The van der Waals surface area contributed by atoms with Crippen molar-refractivity contribution >= 4 is 50.9 Å². The number of carbonyl (C=O) groups is 2. The van der Waals surface area contributed by atoms with E-state index in [2.05, 4.69) is 20.6 Å². The molecule has 2 heterocycles. The Labute approximate surface area is 198 Å². The van der Waals surface area contributed by atoms with Gasteiger partial charge in [0, 0.05) is 11.4 Å². The summed E-state index contributed by atoms with van der Waals surface area (Å²) < 4.78 is 11.7. The number of methoxy groups -OCH3 is 2. The lowest BCUT2D eigenvalue weighted by atomic mass is 10.2. The molecule has 2 amide bonds. The molecule has 0 aliphatic heterocycles. The van der Waals surface area contributed by atoms with Gasteiger partial charge in [0.2, 0.25) is 11.8 Å². The van der Waals surface area contributed by atoms with Crippen LogP contribution in [0.2, 0.25) is 0 Å². The normalized spacial score (nSPS) is 11.8. The van der Waals surface area contributed by atoms with Crippen molar-refractivity contribution in [2.75, 3.05) is 31.5 Å². The molecule has 3 rings (SSSR count). The van der Waals surface area contributed by atoms with Crippen LogP contribution in [0.4, 0.5) is 5.13 Å². The van der Waals surface area contributed by atoms with Crippen LogP contribution in [0.3, 0.4) is 0 Å². The van der Waals surface area contributed by atoms with Crippen molar-refractivity contribution in [3.05, 3.63) is 39.9 Å². The molecular weight excluding hydrogens is 466 g/mol. The minimum atomic E-state index is -0.761. The number of nitrogens with one attached hydrogen (secondary N) is 2. The molecule has 0 saturated heterocycles. The zero-order chi connectivity index (χ0) is 24.0. The number of benzene rings is 1. The first kappa shape index (κ1) is 24.5. The first-order valence-electron chi connectivity index (χ1n) is 9.98. The Morgan fingerprint density at radius 3 is 2.61 bits per heavy atom. The highest BCUT2D eigenvalue weighted by molar-refractivity contribution is 7.98. The average molecular weight is 492 g/mol. The largest absolute Gasteiger partial charge is 0.493 e. The average Bonchev–Trinajstić information content (AvgIpc) is 3.21. The first-order valence-corrected chi connectivity index (χ1v) is 12.3. The molecule has 10 nitrogen and oxygen atoms in total. The van der Waals surface area contributed by atoms with Gasteiger partial charge in [0.1, 0.15) is 12.6 Å². The number of ether oxygens (including phenoxy) is 2. The van der Waals surface area contributed by atoms with Crippen molar-refractivity contribution in [2.45, 2.75) is 25.9 Å². The van der Waals surface area contributed by atoms with Crippen LogP contribution in [0.5, 0.6) is 11.5 Å². The van der Waals surface area contributed by atoms with Gasteiger partial charge in [0.25, 0.3) is 5.56 Å². The number of nitrogens with zero attached hydrogens (tertiary/aromatic N) is 3. The fraction of sp³-hybridized carbons (Fsp3) is 0.381. The van der Waals surface area contributed by atoms with Crippen LogP contribution in [0.15, 0.2) is 28.6 Å². The van der Waals surface area contributed by atoms with E-state index in [9.17, 15) is 14.4 Å². The van der Waals surface area contributed by atoms with E-state index in [4.69, 9.17) is 9.47 Å².